The van der Waals surface area contributed by atoms with Crippen LogP contribution in [0.1, 0.15) is 21.5 Å². The summed E-state index contributed by atoms with van der Waals surface area (Å²) in [5, 5.41) is 12.8. The molecule has 134 valence electrons. The van der Waals surface area contributed by atoms with Gasteiger partial charge >= 0.3 is 0 Å². The average molecular weight is 377 g/mol. The minimum atomic E-state index is -0.236. The van der Waals surface area contributed by atoms with Crippen LogP contribution in [0.3, 0.4) is 0 Å². The number of ether oxygens (including phenoxy) is 1. The summed E-state index contributed by atoms with van der Waals surface area (Å²) in [6.45, 7) is 0.275. The second-order valence-electron chi connectivity index (χ2n) is 5.84. The summed E-state index contributed by atoms with van der Waals surface area (Å²) in [5.74, 6) is 0.420. The normalized spacial score (nSPS) is 10.1. The first-order valence-electron chi connectivity index (χ1n) is 8.33. The Balaban J connectivity index is 1.89. The molecule has 5 heteroatoms. The average Bonchev–Trinajstić information content (AvgIpc) is 2.72. The van der Waals surface area contributed by atoms with E-state index in [4.69, 9.17) is 16.3 Å². The third-order valence-corrected chi connectivity index (χ3v) is 4.43. The van der Waals surface area contributed by atoms with E-state index in [0.717, 1.165) is 11.1 Å². The van der Waals surface area contributed by atoms with E-state index in [9.17, 15) is 10.1 Å². The van der Waals surface area contributed by atoms with Crippen LogP contribution in [-0.4, -0.2) is 13.0 Å². The fourth-order valence-corrected chi connectivity index (χ4v) is 3.08. The maximum Gasteiger partial charge on any atom is 0.252 e. The smallest absolute Gasteiger partial charge is 0.252 e. The summed E-state index contributed by atoms with van der Waals surface area (Å²) in [4.78, 5) is 12.8. The van der Waals surface area contributed by atoms with E-state index in [1.54, 1.807) is 49.6 Å². The van der Waals surface area contributed by atoms with Crippen molar-refractivity contribution >= 4 is 17.5 Å². The second-order valence-corrected chi connectivity index (χ2v) is 6.28. The number of hydrogen-bond acceptors (Lipinski definition) is 3. The first kappa shape index (κ1) is 18.5. The van der Waals surface area contributed by atoms with Crippen LogP contribution >= 0.6 is 11.6 Å². The van der Waals surface area contributed by atoms with Gasteiger partial charge in [0.2, 0.25) is 0 Å². The number of nitrogens with zero attached hydrogens (tertiary/aromatic N) is 1. The van der Waals surface area contributed by atoms with Crippen molar-refractivity contribution in [3.63, 3.8) is 0 Å². The van der Waals surface area contributed by atoms with Gasteiger partial charge in [-0.25, -0.2) is 0 Å². The van der Waals surface area contributed by atoms with Gasteiger partial charge in [-0.05, 0) is 35.9 Å². The van der Waals surface area contributed by atoms with Crippen LogP contribution in [0.15, 0.2) is 66.7 Å². The Kier molecular flexibility index (Phi) is 5.75. The third kappa shape index (κ3) is 4.11. The van der Waals surface area contributed by atoms with E-state index in [0.29, 0.717) is 27.5 Å². The summed E-state index contributed by atoms with van der Waals surface area (Å²) < 4.78 is 5.32. The summed E-state index contributed by atoms with van der Waals surface area (Å²) in [6.07, 6.45) is 0. The highest BCUT2D eigenvalue weighted by molar-refractivity contribution is 6.30. The lowest BCUT2D eigenvalue weighted by molar-refractivity contribution is 0.0951. The number of hydrogen-bond donors (Lipinski definition) is 1. The number of carbonyl (C=O) groups is 1. The van der Waals surface area contributed by atoms with Crippen molar-refractivity contribution in [2.75, 3.05) is 7.11 Å². The molecule has 0 saturated carbocycles. The quantitative estimate of drug-likeness (QED) is 0.694. The number of methoxy groups -OCH3 is 1. The monoisotopic (exact) mass is 376 g/mol. The molecule has 0 aliphatic rings. The molecule has 0 bridgehead atoms. The van der Waals surface area contributed by atoms with Crippen molar-refractivity contribution in [1.29, 1.82) is 5.26 Å². The lowest BCUT2D eigenvalue weighted by atomic mass is 9.95. The number of nitrogens with one attached hydrogen (secondary N) is 1. The first-order chi connectivity index (χ1) is 13.1. The van der Waals surface area contributed by atoms with Crippen molar-refractivity contribution in [1.82, 2.24) is 5.32 Å². The van der Waals surface area contributed by atoms with E-state index in [1.807, 2.05) is 24.3 Å². The van der Waals surface area contributed by atoms with E-state index >= 15 is 0 Å². The van der Waals surface area contributed by atoms with Crippen LogP contribution in [0, 0.1) is 11.3 Å². The Morgan fingerprint density at radius 1 is 1.07 bits per heavy atom. The molecule has 0 spiro atoms. The molecular formula is C22H17ClN2O2. The summed E-state index contributed by atoms with van der Waals surface area (Å²) in [7, 11) is 1.57. The van der Waals surface area contributed by atoms with E-state index in [1.165, 1.54) is 0 Å². The SMILES string of the molecule is COc1ccc(Cl)cc1CNC(=O)c1ccccc1-c1ccccc1C#N. The zero-order valence-corrected chi connectivity index (χ0v) is 15.5. The standard InChI is InChI=1S/C22H17ClN2O2/c1-27-21-11-10-17(23)12-16(21)14-25-22(26)20-9-5-4-8-19(20)18-7-3-2-6-15(18)13-24/h2-12H,14H2,1H3,(H,25,26). The summed E-state index contributed by atoms with van der Waals surface area (Å²) in [5.41, 5.74) is 3.25. The molecule has 3 aromatic rings. The zero-order valence-electron chi connectivity index (χ0n) is 14.7. The predicted molar refractivity (Wildman–Crippen MR) is 106 cm³/mol. The van der Waals surface area contributed by atoms with Crippen LogP contribution < -0.4 is 10.1 Å². The lowest BCUT2D eigenvalue weighted by Gasteiger charge is -2.13. The molecule has 0 saturated heterocycles. The van der Waals surface area contributed by atoms with Crippen molar-refractivity contribution in [3.8, 4) is 22.9 Å². The van der Waals surface area contributed by atoms with Crippen molar-refractivity contribution in [2.45, 2.75) is 6.54 Å². The van der Waals surface area contributed by atoms with Gasteiger partial charge in [-0.15, -0.1) is 0 Å². The second kappa shape index (κ2) is 8.39. The van der Waals surface area contributed by atoms with Gasteiger partial charge < -0.3 is 10.1 Å². The minimum absolute atomic E-state index is 0.236. The number of rotatable bonds is 5. The molecule has 4 nitrogen and oxygen atoms in total. The molecular weight excluding hydrogens is 360 g/mol. The molecule has 0 radical (unpaired) electrons. The van der Waals surface area contributed by atoms with Crippen molar-refractivity contribution in [3.05, 3.63) is 88.4 Å². The van der Waals surface area contributed by atoms with Crippen LogP contribution in [0.5, 0.6) is 5.75 Å². The van der Waals surface area contributed by atoms with Crippen LogP contribution in [-0.2, 0) is 6.54 Å². The molecule has 0 unspecified atom stereocenters. The van der Waals surface area contributed by atoms with Crippen molar-refractivity contribution in [2.24, 2.45) is 0 Å². The number of benzene rings is 3. The highest BCUT2D eigenvalue weighted by Crippen LogP contribution is 2.27. The fraction of sp³-hybridized carbons (Fsp3) is 0.0909. The van der Waals surface area contributed by atoms with Gasteiger partial charge in [0, 0.05) is 28.3 Å². The Labute approximate surface area is 163 Å². The third-order valence-electron chi connectivity index (χ3n) is 4.19. The predicted octanol–water partition coefficient (Wildman–Crippen LogP) is 4.82. The van der Waals surface area contributed by atoms with Gasteiger partial charge in [0.1, 0.15) is 5.75 Å². The summed E-state index contributed by atoms with van der Waals surface area (Å²) >= 11 is 6.05. The highest BCUT2D eigenvalue weighted by atomic mass is 35.5. The van der Waals surface area contributed by atoms with Crippen LogP contribution in [0.25, 0.3) is 11.1 Å². The van der Waals surface area contributed by atoms with Gasteiger partial charge in [-0.2, -0.15) is 5.26 Å². The number of nitriles is 1. The van der Waals surface area contributed by atoms with E-state index in [-0.39, 0.29) is 12.5 Å². The molecule has 0 aromatic heterocycles. The lowest BCUT2D eigenvalue weighted by Crippen LogP contribution is -2.23. The minimum Gasteiger partial charge on any atom is -0.496 e. The van der Waals surface area contributed by atoms with Gasteiger partial charge in [0.25, 0.3) is 5.91 Å². The maximum atomic E-state index is 12.8. The molecule has 1 amide bonds. The Bertz CT molecular complexity index is 1020. The number of carbonyl (C=O) groups excluding carboxylic acids is 1. The van der Waals surface area contributed by atoms with Gasteiger partial charge in [-0.1, -0.05) is 48.0 Å². The van der Waals surface area contributed by atoms with Crippen LogP contribution in [0.4, 0.5) is 0 Å². The Morgan fingerprint density at radius 3 is 2.52 bits per heavy atom. The zero-order chi connectivity index (χ0) is 19.2. The molecule has 0 atom stereocenters. The van der Waals surface area contributed by atoms with E-state index < -0.39 is 0 Å². The molecule has 3 aromatic carbocycles. The van der Waals surface area contributed by atoms with Crippen molar-refractivity contribution < 1.29 is 9.53 Å². The fourth-order valence-electron chi connectivity index (χ4n) is 2.89. The van der Waals surface area contributed by atoms with Gasteiger partial charge in [0.15, 0.2) is 0 Å². The molecule has 0 heterocycles. The number of halogens is 1. The first-order valence-corrected chi connectivity index (χ1v) is 8.71. The molecule has 3 rings (SSSR count). The molecule has 1 N–H and O–H groups in total. The van der Waals surface area contributed by atoms with Gasteiger partial charge in [0.05, 0.1) is 18.7 Å². The topological polar surface area (TPSA) is 62.1 Å². The summed E-state index contributed by atoms with van der Waals surface area (Å²) in [6, 6.07) is 21.9. The maximum absolute atomic E-state index is 12.8. The highest BCUT2D eigenvalue weighted by Gasteiger charge is 2.15. The molecule has 0 fully saturated rings. The molecule has 0 aliphatic carbocycles. The number of amides is 1. The molecule has 27 heavy (non-hydrogen) atoms. The van der Waals surface area contributed by atoms with Gasteiger partial charge in [-0.3, -0.25) is 4.79 Å². The largest absolute Gasteiger partial charge is 0.496 e. The Hall–Kier alpha value is -3.29. The van der Waals surface area contributed by atoms with E-state index in [2.05, 4.69) is 11.4 Å². The molecule has 0 aliphatic heterocycles. The van der Waals surface area contributed by atoms with Crippen LogP contribution in [0.2, 0.25) is 5.02 Å². The Morgan fingerprint density at radius 2 is 1.78 bits per heavy atom.